The van der Waals surface area contributed by atoms with Gasteiger partial charge < -0.3 is 9.30 Å². The van der Waals surface area contributed by atoms with Crippen LogP contribution in [0.15, 0.2) is 30.6 Å². The Hall–Kier alpha value is -2.61. The first-order chi connectivity index (χ1) is 8.78. The molecule has 90 valence electrons. The average Bonchev–Trinajstić information content (AvgIpc) is 2.86. The summed E-state index contributed by atoms with van der Waals surface area (Å²) in [5, 5.41) is 8.89. The van der Waals surface area contributed by atoms with Crippen LogP contribution in [-0.2, 0) is 6.54 Å². The highest BCUT2D eigenvalue weighted by molar-refractivity contribution is 5.69. The molecule has 0 amide bonds. The van der Waals surface area contributed by atoms with Gasteiger partial charge in [-0.15, -0.1) is 0 Å². The van der Waals surface area contributed by atoms with E-state index in [-0.39, 0.29) is 0 Å². The maximum atomic E-state index is 10.8. The van der Waals surface area contributed by atoms with Crippen LogP contribution < -0.4 is 4.74 Å². The molecule has 5 heteroatoms. The predicted molar refractivity (Wildman–Crippen MR) is 64.4 cm³/mol. The Kier molecular flexibility index (Phi) is 3.39. The van der Waals surface area contributed by atoms with E-state index in [0.717, 1.165) is 5.56 Å². The Morgan fingerprint density at radius 1 is 1.56 bits per heavy atom. The molecule has 0 atom stereocenters. The number of hydrogen-bond acceptors (Lipinski definition) is 4. The SMILES string of the molecule is COc1ccc(C#N)cc1Cn1ccnc1C=O. The van der Waals surface area contributed by atoms with Gasteiger partial charge in [-0.05, 0) is 18.2 Å². The number of carbonyl (C=O) groups excluding carboxylic acids is 1. The van der Waals surface area contributed by atoms with E-state index in [1.807, 2.05) is 0 Å². The first kappa shape index (κ1) is 11.9. The van der Waals surface area contributed by atoms with Gasteiger partial charge in [0.15, 0.2) is 12.1 Å². The van der Waals surface area contributed by atoms with Crippen LogP contribution in [-0.4, -0.2) is 22.9 Å². The summed E-state index contributed by atoms with van der Waals surface area (Å²) in [6.45, 7) is 0.437. The third-order valence-electron chi connectivity index (χ3n) is 2.60. The summed E-state index contributed by atoms with van der Waals surface area (Å²) in [6, 6.07) is 7.25. The van der Waals surface area contributed by atoms with Crippen molar-refractivity contribution < 1.29 is 9.53 Å². The van der Waals surface area contributed by atoms with Crippen molar-refractivity contribution in [1.82, 2.24) is 9.55 Å². The van der Waals surface area contributed by atoms with Crippen LogP contribution in [0.2, 0.25) is 0 Å². The van der Waals surface area contributed by atoms with Crippen LogP contribution in [0.4, 0.5) is 0 Å². The lowest BCUT2D eigenvalue weighted by Gasteiger charge is -2.10. The number of rotatable bonds is 4. The van der Waals surface area contributed by atoms with E-state index in [9.17, 15) is 4.79 Å². The van der Waals surface area contributed by atoms with Crippen molar-refractivity contribution in [2.24, 2.45) is 0 Å². The zero-order valence-corrected chi connectivity index (χ0v) is 9.83. The Balaban J connectivity index is 2.38. The van der Waals surface area contributed by atoms with E-state index in [0.29, 0.717) is 30.0 Å². The van der Waals surface area contributed by atoms with Gasteiger partial charge in [0.1, 0.15) is 5.75 Å². The number of nitriles is 1. The molecule has 0 spiro atoms. The smallest absolute Gasteiger partial charge is 0.185 e. The fraction of sp³-hybridized carbons (Fsp3) is 0.154. The van der Waals surface area contributed by atoms with Crippen molar-refractivity contribution in [3.8, 4) is 11.8 Å². The summed E-state index contributed by atoms with van der Waals surface area (Å²) in [6.07, 6.45) is 3.97. The molecule has 0 N–H and O–H groups in total. The summed E-state index contributed by atoms with van der Waals surface area (Å²) >= 11 is 0. The lowest BCUT2D eigenvalue weighted by molar-refractivity contribution is 0.111. The van der Waals surface area contributed by atoms with Gasteiger partial charge in [0.25, 0.3) is 0 Å². The molecule has 0 fully saturated rings. The molecule has 0 aliphatic carbocycles. The van der Waals surface area contributed by atoms with Gasteiger partial charge >= 0.3 is 0 Å². The van der Waals surface area contributed by atoms with Crippen LogP contribution >= 0.6 is 0 Å². The van der Waals surface area contributed by atoms with Crippen LogP contribution in [0.5, 0.6) is 5.75 Å². The standard InChI is InChI=1S/C13H11N3O2/c1-18-12-3-2-10(7-14)6-11(12)8-16-5-4-15-13(16)9-17/h2-6,9H,8H2,1H3. The maximum absolute atomic E-state index is 10.8. The highest BCUT2D eigenvalue weighted by atomic mass is 16.5. The van der Waals surface area contributed by atoms with Crippen LogP contribution in [0.3, 0.4) is 0 Å². The lowest BCUT2D eigenvalue weighted by atomic mass is 10.1. The summed E-state index contributed by atoms with van der Waals surface area (Å²) in [7, 11) is 1.57. The van der Waals surface area contributed by atoms with E-state index >= 15 is 0 Å². The molecule has 2 rings (SSSR count). The summed E-state index contributed by atoms with van der Waals surface area (Å²) in [5.41, 5.74) is 1.39. The van der Waals surface area contributed by atoms with Gasteiger partial charge in [-0.1, -0.05) is 0 Å². The van der Waals surface area contributed by atoms with Gasteiger partial charge in [0.05, 0.1) is 25.3 Å². The zero-order valence-electron chi connectivity index (χ0n) is 9.83. The molecule has 0 aliphatic heterocycles. The van der Waals surface area contributed by atoms with Gasteiger partial charge in [0, 0.05) is 18.0 Å². The number of aromatic nitrogens is 2. The highest BCUT2D eigenvalue weighted by Crippen LogP contribution is 2.21. The van der Waals surface area contributed by atoms with Crippen molar-refractivity contribution in [2.45, 2.75) is 6.54 Å². The minimum Gasteiger partial charge on any atom is -0.496 e. The molecular formula is C13H11N3O2. The van der Waals surface area contributed by atoms with E-state index < -0.39 is 0 Å². The van der Waals surface area contributed by atoms with Gasteiger partial charge in [-0.2, -0.15) is 5.26 Å². The Bertz CT molecular complexity index is 611. The molecule has 1 heterocycles. The maximum Gasteiger partial charge on any atom is 0.185 e. The zero-order chi connectivity index (χ0) is 13.0. The quantitative estimate of drug-likeness (QED) is 0.763. The predicted octanol–water partition coefficient (Wildman–Crippen LogP) is 1.62. The van der Waals surface area contributed by atoms with Crippen molar-refractivity contribution in [2.75, 3.05) is 7.11 Å². The molecule has 0 saturated heterocycles. The van der Waals surface area contributed by atoms with Crippen LogP contribution in [0.25, 0.3) is 0 Å². The molecule has 1 aromatic carbocycles. The second kappa shape index (κ2) is 5.15. The fourth-order valence-corrected chi connectivity index (χ4v) is 1.73. The molecule has 0 saturated carbocycles. The minimum absolute atomic E-state index is 0.347. The molecule has 2 aromatic rings. The van der Waals surface area contributed by atoms with Crippen molar-refractivity contribution in [3.63, 3.8) is 0 Å². The van der Waals surface area contributed by atoms with Crippen molar-refractivity contribution in [1.29, 1.82) is 5.26 Å². The molecule has 0 bridgehead atoms. The molecular weight excluding hydrogens is 230 g/mol. The fourth-order valence-electron chi connectivity index (χ4n) is 1.73. The topological polar surface area (TPSA) is 67.9 Å². The summed E-state index contributed by atoms with van der Waals surface area (Å²) in [4.78, 5) is 14.7. The van der Waals surface area contributed by atoms with Gasteiger partial charge in [0.2, 0.25) is 0 Å². The molecule has 1 aromatic heterocycles. The first-order valence-electron chi connectivity index (χ1n) is 5.32. The molecule has 0 unspecified atom stereocenters. The molecule has 0 radical (unpaired) electrons. The summed E-state index contributed by atoms with van der Waals surface area (Å²) in [5.74, 6) is 1.03. The second-order valence-corrected chi connectivity index (χ2v) is 3.67. The third kappa shape index (κ3) is 2.23. The number of aldehydes is 1. The Morgan fingerprint density at radius 2 is 2.39 bits per heavy atom. The van der Waals surface area contributed by atoms with Crippen molar-refractivity contribution >= 4 is 6.29 Å². The van der Waals surface area contributed by atoms with Crippen molar-refractivity contribution in [3.05, 3.63) is 47.5 Å². The van der Waals surface area contributed by atoms with E-state index in [1.165, 1.54) is 0 Å². The molecule has 5 nitrogen and oxygen atoms in total. The lowest BCUT2D eigenvalue weighted by Crippen LogP contribution is -2.05. The number of imidazole rings is 1. The normalized spacial score (nSPS) is 9.78. The highest BCUT2D eigenvalue weighted by Gasteiger charge is 2.08. The van der Waals surface area contributed by atoms with E-state index in [2.05, 4.69) is 11.1 Å². The van der Waals surface area contributed by atoms with Crippen LogP contribution in [0.1, 0.15) is 21.7 Å². The average molecular weight is 241 g/mol. The van der Waals surface area contributed by atoms with Crippen LogP contribution in [0, 0.1) is 11.3 Å². The Labute approximate surface area is 104 Å². The summed E-state index contributed by atoms with van der Waals surface area (Å²) < 4.78 is 6.94. The monoisotopic (exact) mass is 241 g/mol. The molecule has 18 heavy (non-hydrogen) atoms. The largest absolute Gasteiger partial charge is 0.496 e. The number of methoxy groups -OCH3 is 1. The third-order valence-corrected chi connectivity index (χ3v) is 2.60. The second-order valence-electron chi connectivity index (χ2n) is 3.67. The van der Waals surface area contributed by atoms with Gasteiger partial charge in [-0.25, -0.2) is 4.98 Å². The number of ether oxygens (including phenoxy) is 1. The van der Waals surface area contributed by atoms with E-state index in [1.54, 1.807) is 42.3 Å². The number of hydrogen-bond donors (Lipinski definition) is 0. The minimum atomic E-state index is 0.347. The number of nitrogens with zero attached hydrogens (tertiary/aromatic N) is 3. The van der Waals surface area contributed by atoms with E-state index in [4.69, 9.17) is 10.00 Å². The Morgan fingerprint density at radius 3 is 3.06 bits per heavy atom. The molecule has 0 aliphatic rings. The van der Waals surface area contributed by atoms with Gasteiger partial charge in [-0.3, -0.25) is 4.79 Å². The number of benzene rings is 1. The first-order valence-corrected chi connectivity index (χ1v) is 5.32. The number of carbonyl (C=O) groups is 1.